The van der Waals surface area contributed by atoms with E-state index >= 15 is 0 Å². The minimum absolute atomic E-state index is 0.108. The van der Waals surface area contributed by atoms with E-state index in [2.05, 4.69) is 15.5 Å². The van der Waals surface area contributed by atoms with Gasteiger partial charge < -0.3 is 20.6 Å². The van der Waals surface area contributed by atoms with E-state index < -0.39 is 0 Å². The summed E-state index contributed by atoms with van der Waals surface area (Å²) in [6.45, 7) is 1.85. The number of nitrogens with two attached hydrogens (primary N) is 1. The summed E-state index contributed by atoms with van der Waals surface area (Å²) < 4.78 is 11.9. The number of carbonyl (C=O) groups is 1. The molecule has 0 aliphatic rings. The van der Waals surface area contributed by atoms with Gasteiger partial charge in [0.25, 0.3) is 0 Å². The third-order valence-electron chi connectivity index (χ3n) is 4.45. The van der Waals surface area contributed by atoms with Gasteiger partial charge in [0.2, 0.25) is 11.1 Å². The van der Waals surface area contributed by atoms with E-state index in [0.29, 0.717) is 38.1 Å². The van der Waals surface area contributed by atoms with E-state index in [9.17, 15) is 4.79 Å². The molecule has 31 heavy (non-hydrogen) atoms. The SMILES string of the molecule is COc1ccc(-c2nnc(SCC(=O)NC(C)c3ccc(Cl)cc3Cl)n2N)cc1OC. The number of hydrogen-bond acceptors (Lipinski definition) is 7. The van der Waals surface area contributed by atoms with Gasteiger partial charge in [0.1, 0.15) is 0 Å². The molecule has 1 atom stereocenters. The lowest BCUT2D eigenvalue weighted by Crippen LogP contribution is -2.28. The van der Waals surface area contributed by atoms with Crippen LogP contribution in [0.2, 0.25) is 10.0 Å². The minimum atomic E-state index is -0.282. The predicted octanol–water partition coefficient (Wildman–Crippen LogP) is 3.95. The highest BCUT2D eigenvalue weighted by Crippen LogP contribution is 2.32. The van der Waals surface area contributed by atoms with Crippen molar-refractivity contribution in [3.05, 3.63) is 52.0 Å². The van der Waals surface area contributed by atoms with Gasteiger partial charge in [-0.05, 0) is 42.8 Å². The summed E-state index contributed by atoms with van der Waals surface area (Å²) >= 11 is 13.3. The van der Waals surface area contributed by atoms with E-state index in [1.807, 2.05) is 6.92 Å². The standard InChI is InChI=1S/C20H21Cl2N5O3S/c1-11(14-6-5-13(21)9-15(14)22)24-18(28)10-31-20-26-25-19(27(20)23)12-4-7-16(29-2)17(8-12)30-3/h4-9,11H,10,23H2,1-3H3,(H,24,28). The van der Waals surface area contributed by atoms with Crippen LogP contribution in [0.4, 0.5) is 0 Å². The van der Waals surface area contributed by atoms with Gasteiger partial charge in [-0.1, -0.05) is 41.0 Å². The molecule has 0 aliphatic carbocycles. The quantitative estimate of drug-likeness (QED) is 0.370. The summed E-state index contributed by atoms with van der Waals surface area (Å²) in [4.78, 5) is 12.4. The Kier molecular flexibility index (Phi) is 7.53. The summed E-state index contributed by atoms with van der Waals surface area (Å²) in [5, 5.41) is 12.5. The van der Waals surface area contributed by atoms with Crippen LogP contribution >= 0.6 is 35.0 Å². The number of hydrogen-bond donors (Lipinski definition) is 2. The number of thioether (sulfide) groups is 1. The van der Waals surface area contributed by atoms with Gasteiger partial charge in [0.05, 0.1) is 26.0 Å². The Labute approximate surface area is 194 Å². The molecule has 0 aliphatic heterocycles. The first-order valence-electron chi connectivity index (χ1n) is 9.14. The van der Waals surface area contributed by atoms with Crippen molar-refractivity contribution < 1.29 is 14.3 Å². The number of ether oxygens (including phenoxy) is 2. The van der Waals surface area contributed by atoms with Crippen LogP contribution in [0, 0.1) is 0 Å². The molecule has 0 fully saturated rings. The number of halogens is 2. The molecule has 8 nitrogen and oxygen atoms in total. The number of rotatable bonds is 8. The second-order valence-electron chi connectivity index (χ2n) is 6.49. The molecule has 0 radical (unpaired) electrons. The van der Waals surface area contributed by atoms with E-state index in [-0.39, 0.29) is 17.7 Å². The van der Waals surface area contributed by atoms with Crippen LogP contribution < -0.4 is 20.6 Å². The van der Waals surface area contributed by atoms with E-state index in [1.54, 1.807) is 50.6 Å². The van der Waals surface area contributed by atoms with Gasteiger partial charge in [0, 0.05) is 15.6 Å². The Hall–Kier alpha value is -2.62. The smallest absolute Gasteiger partial charge is 0.230 e. The van der Waals surface area contributed by atoms with Crippen molar-refractivity contribution in [3.63, 3.8) is 0 Å². The zero-order chi connectivity index (χ0) is 22.5. The van der Waals surface area contributed by atoms with Crippen molar-refractivity contribution in [2.45, 2.75) is 18.1 Å². The Balaban J connectivity index is 1.65. The van der Waals surface area contributed by atoms with Gasteiger partial charge in [-0.3, -0.25) is 4.79 Å². The maximum atomic E-state index is 12.4. The van der Waals surface area contributed by atoms with Crippen molar-refractivity contribution in [3.8, 4) is 22.9 Å². The molecular weight excluding hydrogens is 461 g/mol. The highest BCUT2D eigenvalue weighted by Gasteiger charge is 2.17. The first kappa shape index (κ1) is 23.1. The minimum Gasteiger partial charge on any atom is -0.493 e. The fourth-order valence-electron chi connectivity index (χ4n) is 2.89. The second kappa shape index (κ2) is 10.1. The first-order chi connectivity index (χ1) is 14.8. The number of aromatic nitrogens is 3. The number of methoxy groups -OCH3 is 2. The lowest BCUT2D eigenvalue weighted by Gasteiger charge is -2.15. The van der Waals surface area contributed by atoms with Gasteiger partial charge in [-0.25, -0.2) is 4.68 Å². The number of benzene rings is 2. The van der Waals surface area contributed by atoms with Crippen LogP contribution in [-0.2, 0) is 4.79 Å². The van der Waals surface area contributed by atoms with Crippen molar-refractivity contribution in [2.75, 3.05) is 25.8 Å². The molecule has 3 rings (SSSR count). The molecule has 0 bridgehead atoms. The molecule has 164 valence electrons. The molecule has 1 amide bonds. The fraction of sp³-hybridized carbons (Fsp3) is 0.250. The third kappa shape index (κ3) is 5.36. The highest BCUT2D eigenvalue weighted by atomic mass is 35.5. The lowest BCUT2D eigenvalue weighted by molar-refractivity contribution is -0.119. The van der Waals surface area contributed by atoms with Gasteiger partial charge in [0.15, 0.2) is 17.3 Å². The topological polar surface area (TPSA) is 104 Å². The summed E-state index contributed by atoms with van der Waals surface area (Å²) in [7, 11) is 3.11. The molecule has 0 saturated carbocycles. The molecule has 0 spiro atoms. The van der Waals surface area contributed by atoms with Crippen molar-refractivity contribution in [1.29, 1.82) is 0 Å². The zero-order valence-electron chi connectivity index (χ0n) is 17.1. The van der Waals surface area contributed by atoms with E-state index in [1.165, 1.54) is 16.4 Å². The lowest BCUT2D eigenvalue weighted by atomic mass is 10.1. The van der Waals surface area contributed by atoms with Crippen LogP contribution in [0.5, 0.6) is 11.5 Å². The van der Waals surface area contributed by atoms with Gasteiger partial charge in [-0.15, -0.1) is 10.2 Å². The molecule has 3 N–H and O–H groups in total. The van der Waals surface area contributed by atoms with Crippen LogP contribution in [0.25, 0.3) is 11.4 Å². The normalized spacial score (nSPS) is 11.8. The molecule has 1 aromatic heterocycles. The van der Waals surface area contributed by atoms with Crippen LogP contribution in [0.3, 0.4) is 0 Å². The number of nitrogens with one attached hydrogen (secondary N) is 1. The van der Waals surface area contributed by atoms with Crippen LogP contribution in [-0.4, -0.2) is 40.8 Å². The Morgan fingerprint density at radius 2 is 1.90 bits per heavy atom. The molecule has 11 heteroatoms. The number of nitrogens with zero attached hydrogens (tertiary/aromatic N) is 3. The number of nitrogen functional groups attached to an aromatic ring is 1. The van der Waals surface area contributed by atoms with Crippen molar-refractivity contribution in [1.82, 2.24) is 20.2 Å². The number of amides is 1. The molecule has 0 saturated heterocycles. The third-order valence-corrected chi connectivity index (χ3v) is 5.95. The van der Waals surface area contributed by atoms with Crippen molar-refractivity contribution >= 4 is 40.9 Å². The summed E-state index contributed by atoms with van der Waals surface area (Å²) in [6.07, 6.45) is 0. The molecule has 1 unspecified atom stereocenters. The number of carbonyl (C=O) groups excluding carboxylic acids is 1. The predicted molar refractivity (Wildman–Crippen MR) is 122 cm³/mol. The maximum Gasteiger partial charge on any atom is 0.230 e. The second-order valence-corrected chi connectivity index (χ2v) is 8.28. The monoisotopic (exact) mass is 481 g/mol. The van der Waals surface area contributed by atoms with Crippen molar-refractivity contribution in [2.24, 2.45) is 0 Å². The summed E-state index contributed by atoms with van der Waals surface area (Å²) in [5.41, 5.74) is 1.48. The maximum absolute atomic E-state index is 12.4. The van der Waals surface area contributed by atoms with E-state index in [4.69, 9.17) is 38.5 Å². The molecule has 2 aromatic carbocycles. The van der Waals surface area contributed by atoms with Gasteiger partial charge >= 0.3 is 0 Å². The fourth-order valence-corrected chi connectivity index (χ4v) is 4.13. The molecule has 3 aromatic rings. The van der Waals surface area contributed by atoms with E-state index in [0.717, 1.165) is 5.56 Å². The largest absolute Gasteiger partial charge is 0.493 e. The first-order valence-corrected chi connectivity index (χ1v) is 10.9. The zero-order valence-corrected chi connectivity index (χ0v) is 19.4. The Morgan fingerprint density at radius 1 is 1.16 bits per heavy atom. The highest BCUT2D eigenvalue weighted by molar-refractivity contribution is 7.99. The molecule has 1 heterocycles. The Morgan fingerprint density at radius 3 is 2.58 bits per heavy atom. The molecular formula is C20H21Cl2N5O3S. The average molecular weight is 482 g/mol. The summed E-state index contributed by atoms with van der Waals surface area (Å²) in [5.74, 6) is 7.64. The summed E-state index contributed by atoms with van der Waals surface area (Å²) in [6, 6.07) is 10.2. The van der Waals surface area contributed by atoms with Crippen LogP contribution in [0.1, 0.15) is 18.5 Å². The van der Waals surface area contributed by atoms with Crippen LogP contribution in [0.15, 0.2) is 41.6 Å². The van der Waals surface area contributed by atoms with Gasteiger partial charge in [-0.2, -0.15) is 0 Å². The average Bonchev–Trinajstić information content (AvgIpc) is 3.11. The Bertz CT molecular complexity index is 1090.